The number of halogens is 3. The van der Waals surface area contributed by atoms with Gasteiger partial charge in [0.2, 0.25) is 0 Å². The van der Waals surface area contributed by atoms with Gasteiger partial charge in [0.25, 0.3) is 5.60 Å². The molecule has 0 heterocycles. The van der Waals surface area contributed by atoms with Gasteiger partial charge in [0.05, 0.1) is 0 Å². The van der Waals surface area contributed by atoms with Gasteiger partial charge in [-0.3, -0.25) is 0 Å². The Morgan fingerprint density at radius 3 is 2.27 bits per heavy atom. The molecule has 33 heavy (non-hydrogen) atoms. The Kier molecular flexibility index (Phi) is 5.61. The van der Waals surface area contributed by atoms with Crippen LogP contribution >= 0.6 is 0 Å². The van der Waals surface area contributed by atoms with Crippen LogP contribution in [-0.2, 0) is 26.3 Å². The van der Waals surface area contributed by atoms with Gasteiger partial charge < -0.3 is 9.47 Å². The molecular formula is C27H25F3O3. The van der Waals surface area contributed by atoms with Crippen LogP contribution in [0.25, 0.3) is 10.8 Å². The summed E-state index contributed by atoms with van der Waals surface area (Å²) >= 11 is 0. The highest BCUT2D eigenvalue weighted by Crippen LogP contribution is 2.54. The maximum Gasteiger partial charge on any atom is 0.432 e. The molecule has 0 saturated carbocycles. The monoisotopic (exact) mass is 454 g/mol. The van der Waals surface area contributed by atoms with Crippen LogP contribution in [0.4, 0.5) is 13.2 Å². The van der Waals surface area contributed by atoms with Crippen LogP contribution in [0.3, 0.4) is 0 Å². The number of carbonyl (C=O) groups excluding carboxylic acids is 1. The molecule has 0 radical (unpaired) electrons. The van der Waals surface area contributed by atoms with Crippen molar-refractivity contribution in [1.29, 1.82) is 0 Å². The van der Waals surface area contributed by atoms with Crippen LogP contribution in [0.15, 0.2) is 78.9 Å². The molecule has 0 spiro atoms. The molecule has 0 saturated heterocycles. The molecule has 3 nitrogen and oxygen atoms in total. The van der Waals surface area contributed by atoms with E-state index in [0.29, 0.717) is 12.0 Å². The minimum atomic E-state index is -5.04. The third-order valence-corrected chi connectivity index (χ3v) is 6.85. The third kappa shape index (κ3) is 3.44. The first-order chi connectivity index (χ1) is 15.6. The fourth-order valence-corrected chi connectivity index (χ4v) is 4.74. The average Bonchev–Trinajstić information content (AvgIpc) is 3.07. The molecule has 0 N–H and O–H groups in total. The first-order valence-corrected chi connectivity index (χ1v) is 10.6. The van der Waals surface area contributed by atoms with E-state index in [-0.39, 0.29) is 5.56 Å². The molecule has 6 heteroatoms. The van der Waals surface area contributed by atoms with E-state index < -0.39 is 29.3 Å². The van der Waals surface area contributed by atoms with Crippen molar-refractivity contribution in [2.24, 2.45) is 5.41 Å². The minimum absolute atomic E-state index is 0.334. The molecule has 172 valence electrons. The van der Waals surface area contributed by atoms with Crippen molar-refractivity contribution < 1.29 is 27.4 Å². The number of esters is 1. The van der Waals surface area contributed by atoms with Gasteiger partial charge >= 0.3 is 12.1 Å². The highest BCUT2D eigenvalue weighted by atomic mass is 19.4. The zero-order valence-corrected chi connectivity index (χ0v) is 18.7. The Hall–Kier alpha value is -3.12. The number of hydrogen-bond donors (Lipinski definition) is 0. The zero-order valence-electron chi connectivity index (χ0n) is 18.7. The van der Waals surface area contributed by atoms with Crippen LogP contribution in [0.2, 0.25) is 0 Å². The van der Waals surface area contributed by atoms with E-state index in [4.69, 9.17) is 9.47 Å². The average molecular weight is 454 g/mol. The summed E-state index contributed by atoms with van der Waals surface area (Å²) in [4.78, 5) is 13.4. The van der Waals surface area contributed by atoms with E-state index in [1.165, 1.54) is 24.3 Å². The fraction of sp³-hybridized carbons (Fsp3) is 0.296. The summed E-state index contributed by atoms with van der Waals surface area (Å²) in [5.74, 6) is -1.50. The van der Waals surface area contributed by atoms with Crippen molar-refractivity contribution in [3.63, 3.8) is 0 Å². The smallest absolute Gasteiger partial charge is 0.432 e. The van der Waals surface area contributed by atoms with Crippen molar-refractivity contribution >= 4 is 16.7 Å². The molecule has 3 aromatic carbocycles. The molecule has 1 aliphatic carbocycles. The van der Waals surface area contributed by atoms with E-state index in [9.17, 15) is 18.0 Å². The molecule has 0 bridgehead atoms. The second kappa shape index (κ2) is 8.03. The van der Waals surface area contributed by atoms with Gasteiger partial charge in [-0.05, 0) is 35.2 Å². The maximum absolute atomic E-state index is 14.4. The number of methoxy groups -OCH3 is 1. The predicted molar refractivity (Wildman–Crippen MR) is 121 cm³/mol. The van der Waals surface area contributed by atoms with Crippen molar-refractivity contribution in [3.05, 3.63) is 95.6 Å². The van der Waals surface area contributed by atoms with Crippen LogP contribution in [0.5, 0.6) is 0 Å². The first kappa shape index (κ1) is 23.1. The molecule has 0 aromatic heterocycles. The first-order valence-electron chi connectivity index (χ1n) is 10.6. The van der Waals surface area contributed by atoms with Crippen molar-refractivity contribution in [2.75, 3.05) is 7.11 Å². The largest absolute Gasteiger partial charge is 0.454 e. The number of rotatable bonds is 5. The van der Waals surface area contributed by atoms with Gasteiger partial charge in [-0.1, -0.05) is 85.8 Å². The second-order valence-electron chi connectivity index (χ2n) is 8.76. The van der Waals surface area contributed by atoms with Crippen LogP contribution in [-0.4, -0.2) is 19.3 Å². The van der Waals surface area contributed by atoms with E-state index in [1.807, 2.05) is 43.3 Å². The number of fused-ring (bicyclic) bond motifs is 3. The van der Waals surface area contributed by atoms with Crippen molar-refractivity contribution in [1.82, 2.24) is 0 Å². The number of hydrogen-bond acceptors (Lipinski definition) is 3. The van der Waals surface area contributed by atoms with Crippen molar-refractivity contribution in [2.45, 2.75) is 38.1 Å². The molecule has 4 rings (SSSR count). The minimum Gasteiger partial charge on any atom is -0.454 e. The van der Waals surface area contributed by atoms with Gasteiger partial charge in [0.15, 0.2) is 0 Å². The Labute approximate surface area is 190 Å². The van der Waals surface area contributed by atoms with Crippen LogP contribution in [0, 0.1) is 5.41 Å². The summed E-state index contributed by atoms with van der Waals surface area (Å²) in [5.41, 5.74) is -2.00. The fourth-order valence-electron chi connectivity index (χ4n) is 4.74. The third-order valence-electron chi connectivity index (χ3n) is 6.85. The summed E-state index contributed by atoms with van der Waals surface area (Å²) in [6.07, 6.45) is -5.48. The Morgan fingerprint density at radius 2 is 1.67 bits per heavy atom. The van der Waals surface area contributed by atoms with E-state index in [2.05, 4.69) is 6.58 Å². The molecule has 3 atom stereocenters. The second-order valence-corrected chi connectivity index (χ2v) is 8.76. The number of carbonyl (C=O) groups is 1. The topological polar surface area (TPSA) is 35.5 Å². The summed E-state index contributed by atoms with van der Waals surface area (Å²) in [5, 5.41) is 2.00. The quantitative estimate of drug-likeness (QED) is 0.319. The zero-order chi connectivity index (χ0) is 24.0. The van der Waals surface area contributed by atoms with Gasteiger partial charge in [-0.25, -0.2) is 4.79 Å². The Balaban J connectivity index is 1.85. The molecule has 0 aliphatic heterocycles. The molecule has 0 amide bonds. The number of benzene rings is 3. The number of ether oxygens (including phenoxy) is 2. The standard InChI is InChI=1S/C27H25F3O3/c1-17(2)25(3)16-22-20-13-9-8-10-18(20)14-15-21(22)23(25)33-24(31)26(32-4,27(28,29)30)19-11-6-5-7-12-19/h5-15,23H,1,16H2,2-4H3/t23-,25-,26?/m0/s1. The van der Waals surface area contributed by atoms with Gasteiger partial charge in [0, 0.05) is 18.1 Å². The molecule has 1 unspecified atom stereocenters. The molecular weight excluding hydrogens is 429 g/mol. The lowest BCUT2D eigenvalue weighted by Gasteiger charge is -2.37. The predicted octanol–water partition coefficient (Wildman–Crippen LogP) is 6.67. The van der Waals surface area contributed by atoms with Gasteiger partial charge in [-0.15, -0.1) is 0 Å². The Bertz CT molecular complexity index is 1220. The summed E-state index contributed by atoms with van der Waals surface area (Å²) in [7, 11) is 0.871. The summed E-state index contributed by atoms with van der Waals surface area (Å²) in [6.45, 7) is 7.75. The van der Waals surface area contributed by atoms with Crippen molar-refractivity contribution in [3.8, 4) is 0 Å². The molecule has 1 aliphatic rings. The summed E-state index contributed by atoms with van der Waals surface area (Å²) in [6, 6.07) is 18.4. The lowest BCUT2D eigenvalue weighted by molar-refractivity contribution is -0.279. The van der Waals surface area contributed by atoms with E-state index >= 15 is 0 Å². The highest BCUT2D eigenvalue weighted by Gasteiger charge is 2.65. The van der Waals surface area contributed by atoms with Gasteiger partial charge in [0.1, 0.15) is 6.10 Å². The number of alkyl halides is 3. The van der Waals surface area contributed by atoms with Crippen LogP contribution < -0.4 is 0 Å². The van der Waals surface area contributed by atoms with E-state index in [0.717, 1.165) is 29.0 Å². The lowest BCUT2D eigenvalue weighted by atomic mass is 9.78. The lowest BCUT2D eigenvalue weighted by Crippen LogP contribution is -2.52. The SMILES string of the molecule is C=C(C)[C@]1(C)Cc2c(ccc3ccccc23)[C@@H]1OC(=O)C(OC)(c1ccccc1)C(F)(F)F. The Morgan fingerprint density at radius 1 is 1.03 bits per heavy atom. The normalized spacial score (nSPS) is 21.9. The maximum atomic E-state index is 14.4. The van der Waals surface area contributed by atoms with E-state index in [1.54, 1.807) is 13.0 Å². The summed E-state index contributed by atoms with van der Waals surface area (Å²) < 4.78 is 53.9. The highest BCUT2D eigenvalue weighted by molar-refractivity contribution is 5.88. The van der Waals surface area contributed by atoms with Crippen LogP contribution in [0.1, 0.15) is 36.6 Å². The van der Waals surface area contributed by atoms with Gasteiger partial charge in [-0.2, -0.15) is 13.2 Å². The molecule has 0 fully saturated rings. The molecule has 3 aromatic rings.